The van der Waals surface area contributed by atoms with Crippen molar-refractivity contribution in [2.24, 2.45) is 5.10 Å². The number of amides is 1. The predicted octanol–water partition coefficient (Wildman–Crippen LogP) is 0.859. The van der Waals surface area contributed by atoms with E-state index in [2.05, 4.69) is 20.8 Å². The zero-order valence-corrected chi connectivity index (χ0v) is 8.11. The molecule has 0 unspecified atom stereocenters. The molecule has 74 valence electrons. The summed E-state index contributed by atoms with van der Waals surface area (Å²) in [5.41, 5.74) is 3.23. The fraction of sp³-hybridized carbons (Fsp3) is 0.222. The molecule has 0 aromatic carbocycles. The highest BCUT2D eigenvalue weighted by atomic mass is 16.1. The highest BCUT2D eigenvalue weighted by molar-refractivity contribution is 5.93. The molecular weight excluding hydrogens is 180 g/mol. The number of hydrogen-bond donors (Lipinski definition) is 2. The van der Waals surface area contributed by atoms with E-state index in [9.17, 15) is 4.79 Å². The van der Waals surface area contributed by atoms with E-state index < -0.39 is 0 Å². The minimum Gasteiger partial charge on any atom is -0.355 e. The largest absolute Gasteiger partial charge is 0.355 e. The Morgan fingerprint density at radius 2 is 2.36 bits per heavy atom. The van der Waals surface area contributed by atoms with Gasteiger partial charge < -0.3 is 5.32 Å². The van der Waals surface area contributed by atoms with E-state index in [1.807, 2.05) is 0 Å². The Bertz CT molecular complexity index is 331. The van der Waals surface area contributed by atoms with E-state index in [-0.39, 0.29) is 5.91 Å². The average molecular weight is 192 g/mol. The molecule has 0 aliphatic heterocycles. The summed E-state index contributed by atoms with van der Waals surface area (Å²) in [6.07, 6.45) is 3.11. The molecule has 5 nitrogen and oxygen atoms in total. The molecule has 0 saturated carbocycles. The summed E-state index contributed by atoms with van der Waals surface area (Å²) in [5, 5.41) is 6.31. The van der Waals surface area contributed by atoms with Crippen molar-refractivity contribution in [2.45, 2.75) is 6.92 Å². The molecular formula is C9H12N4O. The number of aromatic nitrogens is 1. The Kier molecular flexibility index (Phi) is 3.60. The van der Waals surface area contributed by atoms with Gasteiger partial charge in [-0.15, -0.1) is 0 Å². The molecule has 1 rings (SSSR count). The van der Waals surface area contributed by atoms with Crippen molar-refractivity contribution < 1.29 is 4.79 Å². The average Bonchev–Trinajstić information content (AvgIpc) is 2.26. The summed E-state index contributed by atoms with van der Waals surface area (Å²) in [7, 11) is 1.58. The normalized spacial score (nSPS) is 10.1. The summed E-state index contributed by atoms with van der Waals surface area (Å²) in [4.78, 5) is 15.1. The van der Waals surface area contributed by atoms with Gasteiger partial charge in [-0.2, -0.15) is 5.10 Å². The third-order valence-electron chi connectivity index (χ3n) is 1.56. The van der Waals surface area contributed by atoms with Gasteiger partial charge >= 0.3 is 0 Å². The van der Waals surface area contributed by atoms with Gasteiger partial charge in [0.15, 0.2) is 0 Å². The standard InChI is InChI=1S/C9H12N4O/c1-3-12-13-8-5-4-7(6-11-8)9(14)10-2/h3-6H,1-2H3,(H,10,14)(H,11,13)/b12-3-. The molecule has 0 aliphatic rings. The fourth-order valence-corrected chi connectivity index (χ4v) is 0.869. The number of pyridine rings is 1. The van der Waals surface area contributed by atoms with E-state index in [4.69, 9.17) is 0 Å². The Labute approximate surface area is 82.2 Å². The van der Waals surface area contributed by atoms with Gasteiger partial charge in [0, 0.05) is 19.5 Å². The lowest BCUT2D eigenvalue weighted by atomic mass is 10.3. The van der Waals surface area contributed by atoms with Gasteiger partial charge in [0.25, 0.3) is 5.91 Å². The van der Waals surface area contributed by atoms with Crippen LogP contribution in [-0.4, -0.2) is 24.2 Å². The van der Waals surface area contributed by atoms with Crippen molar-refractivity contribution in [3.63, 3.8) is 0 Å². The van der Waals surface area contributed by atoms with Crippen LogP contribution in [0.25, 0.3) is 0 Å². The number of nitrogens with one attached hydrogen (secondary N) is 2. The van der Waals surface area contributed by atoms with E-state index in [1.54, 1.807) is 32.3 Å². The minimum absolute atomic E-state index is 0.150. The summed E-state index contributed by atoms with van der Waals surface area (Å²) < 4.78 is 0. The third-order valence-corrected chi connectivity index (χ3v) is 1.56. The molecule has 1 amide bonds. The van der Waals surface area contributed by atoms with Crippen LogP contribution >= 0.6 is 0 Å². The Morgan fingerprint density at radius 3 is 2.86 bits per heavy atom. The van der Waals surface area contributed by atoms with Crippen molar-refractivity contribution >= 4 is 17.9 Å². The van der Waals surface area contributed by atoms with Gasteiger partial charge in [0.1, 0.15) is 5.82 Å². The highest BCUT2D eigenvalue weighted by Crippen LogP contribution is 2.04. The Balaban J connectivity index is 2.73. The summed E-state index contributed by atoms with van der Waals surface area (Å²) >= 11 is 0. The number of rotatable bonds is 3. The lowest BCUT2D eigenvalue weighted by Gasteiger charge is -2.01. The third kappa shape index (κ3) is 2.55. The number of nitrogens with zero attached hydrogens (tertiary/aromatic N) is 2. The highest BCUT2D eigenvalue weighted by Gasteiger charge is 2.02. The molecule has 0 bridgehead atoms. The van der Waals surface area contributed by atoms with Crippen molar-refractivity contribution in [1.29, 1.82) is 0 Å². The molecule has 0 fully saturated rings. The first-order valence-electron chi connectivity index (χ1n) is 4.19. The van der Waals surface area contributed by atoms with Gasteiger partial charge in [-0.25, -0.2) is 4.98 Å². The second kappa shape index (κ2) is 4.96. The number of anilines is 1. The van der Waals surface area contributed by atoms with Gasteiger partial charge in [-0.3, -0.25) is 10.2 Å². The molecule has 0 aliphatic carbocycles. The minimum atomic E-state index is -0.150. The van der Waals surface area contributed by atoms with Gasteiger partial charge in [0.05, 0.1) is 5.56 Å². The Hall–Kier alpha value is -1.91. The first-order chi connectivity index (χ1) is 6.77. The Morgan fingerprint density at radius 1 is 1.57 bits per heavy atom. The molecule has 0 saturated heterocycles. The number of carbonyl (C=O) groups is 1. The molecule has 1 aromatic heterocycles. The zero-order chi connectivity index (χ0) is 10.4. The van der Waals surface area contributed by atoms with Crippen LogP contribution in [-0.2, 0) is 0 Å². The maximum atomic E-state index is 11.1. The van der Waals surface area contributed by atoms with Crippen molar-refractivity contribution in [3.8, 4) is 0 Å². The van der Waals surface area contributed by atoms with Crippen LogP contribution in [0.5, 0.6) is 0 Å². The van der Waals surface area contributed by atoms with Crippen LogP contribution < -0.4 is 10.7 Å². The van der Waals surface area contributed by atoms with E-state index in [0.29, 0.717) is 11.4 Å². The topological polar surface area (TPSA) is 66.4 Å². The zero-order valence-electron chi connectivity index (χ0n) is 8.11. The van der Waals surface area contributed by atoms with Crippen molar-refractivity contribution in [3.05, 3.63) is 23.9 Å². The summed E-state index contributed by atoms with van der Waals surface area (Å²) in [6.45, 7) is 1.80. The maximum absolute atomic E-state index is 11.1. The number of carbonyl (C=O) groups excluding carboxylic acids is 1. The lowest BCUT2D eigenvalue weighted by molar-refractivity contribution is 0.0963. The molecule has 0 atom stereocenters. The van der Waals surface area contributed by atoms with Crippen LogP contribution in [0.1, 0.15) is 17.3 Å². The first kappa shape index (κ1) is 10.2. The van der Waals surface area contributed by atoms with E-state index in [1.165, 1.54) is 6.20 Å². The molecule has 0 radical (unpaired) electrons. The molecule has 1 aromatic rings. The molecule has 0 spiro atoms. The van der Waals surface area contributed by atoms with E-state index in [0.717, 1.165) is 0 Å². The quantitative estimate of drug-likeness (QED) is 0.551. The van der Waals surface area contributed by atoms with Gasteiger partial charge in [-0.1, -0.05) is 0 Å². The van der Waals surface area contributed by atoms with Crippen LogP contribution in [0.15, 0.2) is 23.4 Å². The van der Waals surface area contributed by atoms with Crippen LogP contribution in [0.2, 0.25) is 0 Å². The molecule has 14 heavy (non-hydrogen) atoms. The van der Waals surface area contributed by atoms with Gasteiger partial charge in [0.2, 0.25) is 0 Å². The SMILES string of the molecule is C/C=N\Nc1ccc(C(=O)NC)cn1. The number of hydrogen-bond acceptors (Lipinski definition) is 4. The van der Waals surface area contributed by atoms with Crippen molar-refractivity contribution in [1.82, 2.24) is 10.3 Å². The second-order valence-electron chi connectivity index (χ2n) is 2.51. The molecule has 1 heterocycles. The maximum Gasteiger partial charge on any atom is 0.252 e. The monoisotopic (exact) mass is 192 g/mol. The fourth-order valence-electron chi connectivity index (χ4n) is 0.869. The summed E-state index contributed by atoms with van der Waals surface area (Å²) in [6, 6.07) is 3.37. The lowest BCUT2D eigenvalue weighted by Crippen LogP contribution is -2.17. The summed E-state index contributed by atoms with van der Waals surface area (Å²) in [5.74, 6) is 0.457. The van der Waals surface area contributed by atoms with E-state index >= 15 is 0 Å². The second-order valence-corrected chi connectivity index (χ2v) is 2.51. The van der Waals surface area contributed by atoms with Gasteiger partial charge in [-0.05, 0) is 19.1 Å². The number of hydrazone groups is 1. The predicted molar refractivity (Wildman–Crippen MR) is 55.4 cm³/mol. The van der Waals surface area contributed by atoms with Crippen LogP contribution in [0.4, 0.5) is 5.82 Å². The molecule has 5 heteroatoms. The van der Waals surface area contributed by atoms with Crippen LogP contribution in [0, 0.1) is 0 Å². The first-order valence-corrected chi connectivity index (χ1v) is 4.19. The smallest absolute Gasteiger partial charge is 0.252 e. The van der Waals surface area contributed by atoms with Crippen molar-refractivity contribution in [2.75, 3.05) is 12.5 Å². The molecule has 2 N–H and O–H groups in total. The van der Waals surface area contributed by atoms with Crippen LogP contribution in [0.3, 0.4) is 0 Å².